The van der Waals surface area contributed by atoms with Gasteiger partial charge in [-0.2, -0.15) is 0 Å². The number of Topliss-reactive ketones (excluding diaryl/α,β-unsaturated/α-hetero) is 1. The number of carbonyl (C=O) groups is 1. The van der Waals surface area contributed by atoms with E-state index in [9.17, 15) is 4.79 Å². The number of aromatic nitrogens is 1. The van der Waals surface area contributed by atoms with Gasteiger partial charge in [0.15, 0.2) is 12.4 Å². The number of hydrogen-bond donors (Lipinski definition) is 0. The summed E-state index contributed by atoms with van der Waals surface area (Å²) in [6.07, 6.45) is 3.51. The minimum atomic E-state index is -0.150. The van der Waals surface area contributed by atoms with Gasteiger partial charge in [0, 0.05) is 30.0 Å². The van der Waals surface area contributed by atoms with E-state index in [1.807, 2.05) is 7.05 Å². The molecule has 2 rings (SSSR count). The van der Waals surface area contributed by atoms with Crippen LogP contribution < -0.4 is 4.74 Å². The second kappa shape index (κ2) is 5.87. The van der Waals surface area contributed by atoms with Crippen LogP contribution in [0.5, 0.6) is 5.75 Å². The maximum Gasteiger partial charge on any atom is 0.201 e. The summed E-state index contributed by atoms with van der Waals surface area (Å²) in [5, 5.41) is 0.966. The van der Waals surface area contributed by atoms with Gasteiger partial charge in [-0.05, 0) is 18.2 Å². The summed E-state index contributed by atoms with van der Waals surface area (Å²) in [4.78, 5) is 11.9. The zero-order valence-electron chi connectivity index (χ0n) is 9.99. The van der Waals surface area contributed by atoms with Crippen LogP contribution in [0.1, 0.15) is 10.4 Å². The molecule has 2 aromatic rings. The minimum absolute atomic E-state index is 0.134. The minimum Gasteiger partial charge on any atom is -0.482 e. The van der Waals surface area contributed by atoms with Crippen LogP contribution in [0.25, 0.3) is 0 Å². The summed E-state index contributed by atoms with van der Waals surface area (Å²) < 4.78 is 7.15. The molecule has 0 aliphatic heterocycles. The van der Waals surface area contributed by atoms with Crippen molar-refractivity contribution < 1.29 is 9.53 Å². The topological polar surface area (TPSA) is 31.2 Å². The highest BCUT2D eigenvalue weighted by Gasteiger charge is 2.13. The standard InChI is InChI=1S/C13H10Cl3NO2/c1-17-3-2-8(6-17)12(18)7-19-13-10(15)4-9(14)5-11(13)16/h2-6H,7H2,1H3. The Labute approximate surface area is 125 Å². The van der Waals surface area contributed by atoms with Gasteiger partial charge in [-0.25, -0.2) is 0 Å². The molecule has 0 saturated carbocycles. The van der Waals surface area contributed by atoms with E-state index in [2.05, 4.69) is 0 Å². The van der Waals surface area contributed by atoms with Gasteiger partial charge >= 0.3 is 0 Å². The molecule has 0 aliphatic carbocycles. The fourth-order valence-corrected chi connectivity index (χ4v) is 2.48. The predicted octanol–water partition coefficient (Wildman–Crippen LogP) is 4.25. The number of halogens is 3. The second-order valence-electron chi connectivity index (χ2n) is 3.98. The average molecular weight is 319 g/mol. The van der Waals surface area contributed by atoms with Crippen LogP contribution in [-0.4, -0.2) is 17.0 Å². The molecule has 19 heavy (non-hydrogen) atoms. The van der Waals surface area contributed by atoms with Crippen LogP contribution in [0.15, 0.2) is 30.6 Å². The normalized spacial score (nSPS) is 10.5. The van der Waals surface area contributed by atoms with Crippen LogP contribution in [0, 0.1) is 0 Å². The number of benzene rings is 1. The van der Waals surface area contributed by atoms with Crippen molar-refractivity contribution in [1.82, 2.24) is 4.57 Å². The van der Waals surface area contributed by atoms with Crippen LogP contribution in [0.3, 0.4) is 0 Å². The van der Waals surface area contributed by atoms with E-state index in [-0.39, 0.29) is 28.2 Å². The van der Waals surface area contributed by atoms with Gasteiger partial charge in [-0.1, -0.05) is 34.8 Å². The lowest BCUT2D eigenvalue weighted by molar-refractivity contribution is 0.0921. The highest BCUT2D eigenvalue weighted by molar-refractivity contribution is 6.40. The SMILES string of the molecule is Cn1ccc(C(=O)COc2c(Cl)cc(Cl)cc2Cl)c1. The zero-order valence-corrected chi connectivity index (χ0v) is 12.3. The van der Waals surface area contributed by atoms with E-state index in [0.717, 1.165) is 0 Å². The Kier molecular flexibility index (Phi) is 4.40. The summed E-state index contributed by atoms with van der Waals surface area (Å²) in [5.74, 6) is 0.111. The average Bonchev–Trinajstić information content (AvgIpc) is 2.74. The Bertz CT molecular complexity index is 599. The van der Waals surface area contributed by atoms with Gasteiger partial charge in [0.05, 0.1) is 10.0 Å². The molecule has 0 spiro atoms. The number of carbonyl (C=O) groups excluding carboxylic acids is 1. The van der Waals surface area contributed by atoms with Crippen molar-refractivity contribution in [1.29, 1.82) is 0 Å². The molecule has 0 amide bonds. The number of ketones is 1. The van der Waals surface area contributed by atoms with Crippen molar-refractivity contribution >= 4 is 40.6 Å². The summed E-state index contributed by atoms with van der Waals surface area (Å²) >= 11 is 17.7. The maximum atomic E-state index is 11.9. The van der Waals surface area contributed by atoms with Crippen LogP contribution >= 0.6 is 34.8 Å². The Hall–Kier alpha value is -1.16. The van der Waals surface area contributed by atoms with Crippen molar-refractivity contribution in [3.63, 3.8) is 0 Å². The van der Waals surface area contributed by atoms with Crippen molar-refractivity contribution in [3.05, 3.63) is 51.2 Å². The number of aryl methyl sites for hydroxylation is 1. The molecule has 1 heterocycles. The van der Waals surface area contributed by atoms with Crippen LogP contribution in [-0.2, 0) is 7.05 Å². The molecule has 6 heteroatoms. The van der Waals surface area contributed by atoms with Gasteiger partial charge in [-0.3, -0.25) is 4.79 Å². The van der Waals surface area contributed by atoms with Gasteiger partial charge in [0.25, 0.3) is 0 Å². The molecular formula is C13H10Cl3NO2. The first-order valence-electron chi connectivity index (χ1n) is 5.40. The molecule has 0 unspecified atom stereocenters. The lowest BCUT2D eigenvalue weighted by Crippen LogP contribution is -2.11. The predicted molar refractivity (Wildman–Crippen MR) is 76.7 cm³/mol. The molecule has 0 N–H and O–H groups in total. The third kappa shape index (κ3) is 3.44. The highest BCUT2D eigenvalue weighted by atomic mass is 35.5. The zero-order chi connectivity index (χ0) is 14.0. The van der Waals surface area contributed by atoms with E-state index < -0.39 is 0 Å². The van der Waals surface area contributed by atoms with Gasteiger partial charge < -0.3 is 9.30 Å². The lowest BCUT2D eigenvalue weighted by atomic mass is 10.2. The summed E-state index contributed by atoms with van der Waals surface area (Å²) in [7, 11) is 1.84. The van der Waals surface area contributed by atoms with Gasteiger partial charge in [0.2, 0.25) is 5.78 Å². The van der Waals surface area contributed by atoms with E-state index in [0.29, 0.717) is 10.6 Å². The molecule has 0 radical (unpaired) electrons. The fraction of sp³-hybridized carbons (Fsp3) is 0.154. The molecule has 0 bridgehead atoms. The van der Waals surface area contributed by atoms with Crippen LogP contribution in [0.4, 0.5) is 0 Å². The van der Waals surface area contributed by atoms with Gasteiger partial charge in [-0.15, -0.1) is 0 Å². The maximum absolute atomic E-state index is 11.9. The quantitative estimate of drug-likeness (QED) is 0.789. The smallest absolute Gasteiger partial charge is 0.201 e. The van der Waals surface area contributed by atoms with Crippen molar-refractivity contribution in [2.75, 3.05) is 6.61 Å². The number of ether oxygens (including phenoxy) is 1. The third-order valence-corrected chi connectivity index (χ3v) is 3.24. The third-order valence-electron chi connectivity index (χ3n) is 2.46. The van der Waals surface area contributed by atoms with E-state index >= 15 is 0 Å². The first kappa shape index (κ1) is 14.3. The molecule has 1 aromatic carbocycles. The fourth-order valence-electron chi connectivity index (χ4n) is 1.56. The summed E-state index contributed by atoms with van der Waals surface area (Å²) in [6.45, 7) is -0.134. The number of nitrogens with zero attached hydrogens (tertiary/aromatic N) is 1. The Morgan fingerprint density at radius 1 is 1.26 bits per heavy atom. The van der Waals surface area contributed by atoms with Crippen LogP contribution in [0.2, 0.25) is 15.1 Å². The monoisotopic (exact) mass is 317 g/mol. The first-order valence-corrected chi connectivity index (χ1v) is 6.53. The van der Waals surface area contributed by atoms with E-state index in [4.69, 9.17) is 39.5 Å². The van der Waals surface area contributed by atoms with E-state index in [1.165, 1.54) is 12.1 Å². The first-order chi connectivity index (χ1) is 8.97. The molecule has 0 aliphatic rings. The molecule has 3 nitrogen and oxygen atoms in total. The molecule has 100 valence electrons. The van der Waals surface area contributed by atoms with Crippen molar-refractivity contribution in [2.24, 2.45) is 7.05 Å². The molecular weight excluding hydrogens is 309 g/mol. The van der Waals surface area contributed by atoms with Crippen molar-refractivity contribution in [3.8, 4) is 5.75 Å². The van der Waals surface area contributed by atoms with Crippen molar-refractivity contribution in [2.45, 2.75) is 0 Å². The second-order valence-corrected chi connectivity index (χ2v) is 5.23. The lowest BCUT2D eigenvalue weighted by Gasteiger charge is -2.09. The largest absolute Gasteiger partial charge is 0.482 e. The number of rotatable bonds is 4. The molecule has 0 atom stereocenters. The summed E-state index contributed by atoms with van der Waals surface area (Å²) in [6, 6.07) is 4.74. The molecule has 1 aromatic heterocycles. The highest BCUT2D eigenvalue weighted by Crippen LogP contribution is 2.35. The summed E-state index contributed by atoms with van der Waals surface area (Å²) in [5.41, 5.74) is 0.573. The Morgan fingerprint density at radius 3 is 2.42 bits per heavy atom. The number of hydrogen-bond acceptors (Lipinski definition) is 2. The van der Waals surface area contributed by atoms with Gasteiger partial charge in [0.1, 0.15) is 0 Å². The Morgan fingerprint density at radius 2 is 1.89 bits per heavy atom. The molecule has 0 saturated heterocycles. The van der Waals surface area contributed by atoms with E-state index in [1.54, 1.807) is 23.0 Å². The Balaban J connectivity index is 2.09. The molecule has 0 fully saturated rings.